The van der Waals surface area contributed by atoms with Gasteiger partial charge in [0.15, 0.2) is 0 Å². The van der Waals surface area contributed by atoms with E-state index in [1.165, 1.54) is 0 Å². The first kappa shape index (κ1) is 14.2. The van der Waals surface area contributed by atoms with Crippen LogP contribution < -0.4 is 16.0 Å². The van der Waals surface area contributed by atoms with Crippen molar-refractivity contribution in [3.8, 4) is 0 Å². The van der Waals surface area contributed by atoms with Crippen LogP contribution in [0.15, 0.2) is 42.5 Å². The third kappa shape index (κ3) is 3.22. The summed E-state index contributed by atoms with van der Waals surface area (Å²) in [5.74, 6) is -0.183. The molecule has 2 rings (SSSR count). The summed E-state index contributed by atoms with van der Waals surface area (Å²) in [6, 6.07) is 12.4. The lowest BCUT2D eigenvalue weighted by Crippen LogP contribution is -2.13. The Morgan fingerprint density at radius 1 is 1.15 bits per heavy atom. The fourth-order valence-electron chi connectivity index (χ4n) is 1.74. The zero-order valence-corrected chi connectivity index (χ0v) is 12.1. The van der Waals surface area contributed by atoms with Gasteiger partial charge in [-0.05, 0) is 42.5 Å². The van der Waals surface area contributed by atoms with Crippen LogP contribution in [0.5, 0.6) is 0 Å². The number of benzene rings is 2. The van der Waals surface area contributed by atoms with E-state index in [0.29, 0.717) is 22.0 Å². The van der Waals surface area contributed by atoms with Crippen LogP contribution in [-0.2, 0) is 0 Å². The number of nitrogens with two attached hydrogens (primary N) is 1. The van der Waals surface area contributed by atoms with E-state index in [-0.39, 0.29) is 5.91 Å². The van der Waals surface area contributed by atoms with Gasteiger partial charge in [0.2, 0.25) is 0 Å². The minimum atomic E-state index is -0.183. The number of rotatable bonds is 3. The lowest BCUT2D eigenvalue weighted by Gasteiger charge is -2.12. The number of nitrogens with one attached hydrogen (secondary N) is 1. The maximum atomic E-state index is 12.1. The van der Waals surface area contributed by atoms with E-state index in [9.17, 15) is 4.79 Å². The van der Waals surface area contributed by atoms with Crippen LogP contribution in [0.3, 0.4) is 0 Å². The van der Waals surface area contributed by atoms with Crippen LogP contribution in [0.2, 0.25) is 5.02 Å². The number of halogens is 1. The topological polar surface area (TPSA) is 58.4 Å². The number of hydrogen-bond acceptors (Lipinski definition) is 3. The molecule has 0 fully saturated rings. The molecular formula is C15H16ClN3O. The molecule has 0 spiro atoms. The number of carbonyl (C=O) groups is 1. The number of anilines is 3. The molecule has 104 valence electrons. The number of nitrogens with zero attached hydrogens (tertiary/aromatic N) is 1. The highest BCUT2D eigenvalue weighted by Crippen LogP contribution is 2.23. The molecule has 2 aromatic carbocycles. The Labute approximate surface area is 123 Å². The third-order valence-electron chi connectivity index (χ3n) is 2.90. The van der Waals surface area contributed by atoms with Crippen LogP contribution in [0.1, 0.15) is 10.4 Å². The van der Waals surface area contributed by atoms with Crippen LogP contribution >= 0.6 is 11.6 Å². The summed E-state index contributed by atoms with van der Waals surface area (Å²) in [5.41, 5.74) is 8.38. The molecule has 0 aromatic heterocycles. The van der Waals surface area contributed by atoms with Gasteiger partial charge in [0.05, 0.1) is 10.7 Å². The predicted octanol–water partition coefficient (Wildman–Crippen LogP) is 3.24. The van der Waals surface area contributed by atoms with E-state index in [2.05, 4.69) is 5.32 Å². The Bertz CT molecular complexity index is 624. The molecule has 20 heavy (non-hydrogen) atoms. The molecule has 0 aliphatic heterocycles. The Morgan fingerprint density at radius 2 is 1.80 bits per heavy atom. The average molecular weight is 290 g/mol. The zero-order chi connectivity index (χ0) is 14.7. The number of nitrogen functional groups attached to an aromatic ring is 1. The highest BCUT2D eigenvalue weighted by atomic mass is 35.5. The lowest BCUT2D eigenvalue weighted by atomic mass is 10.2. The van der Waals surface area contributed by atoms with Gasteiger partial charge in [0.1, 0.15) is 0 Å². The molecule has 0 aliphatic rings. The molecule has 0 saturated heterocycles. The summed E-state index contributed by atoms with van der Waals surface area (Å²) < 4.78 is 0. The van der Waals surface area contributed by atoms with Gasteiger partial charge in [0, 0.05) is 31.0 Å². The molecule has 0 unspecified atom stereocenters. The molecule has 3 N–H and O–H groups in total. The van der Waals surface area contributed by atoms with E-state index in [1.54, 1.807) is 30.3 Å². The van der Waals surface area contributed by atoms with Gasteiger partial charge in [-0.3, -0.25) is 4.79 Å². The highest BCUT2D eigenvalue weighted by molar-refractivity contribution is 6.33. The van der Waals surface area contributed by atoms with Crippen LogP contribution in [0.4, 0.5) is 17.1 Å². The lowest BCUT2D eigenvalue weighted by molar-refractivity contribution is 0.102. The maximum absolute atomic E-state index is 12.1. The fourth-order valence-corrected chi connectivity index (χ4v) is 1.85. The number of hydrogen-bond donors (Lipinski definition) is 2. The summed E-state index contributed by atoms with van der Waals surface area (Å²) >= 11 is 5.84. The van der Waals surface area contributed by atoms with E-state index < -0.39 is 0 Å². The van der Waals surface area contributed by atoms with Crippen LogP contribution in [-0.4, -0.2) is 20.0 Å². The number of carbonyl (C=O) groups excluding carboxylic acids is 1. The standard InChI is InChI=1S/C15H16ClN3O/c1-19(2)12-6-3-10(4-7-12)15(20)18-11-5-8-13(16)14(17)9-11/h3-9H,17H2,1-2H3,(H,18,20). The van der Waals surface area contributed by atoms with Gasteiger partial charge in [-0.15, -0.1) is 0 Å². The Morgan fingerprint density at radius 3 is 2.35 bits per heavy atom. The first-order valence-electron chi connectivity index (χ1n) is 6.11. The van der Waals surface area contributed by atoms with Crippen molar-refractivity contribution in [3.05, 3.63) is 53.1 Å². The molecule has 0 atom stereocenters. The molecule has 0 heterocycles. The van der Waals surface area contributed by atoms with Crippen molar-refractivity contribution in [2.45, 2.75) is 0 Å². The van der Waals surface area contributed by atoms with Crippen molar-refractivity contribution in [2.24, 2.45) is 0 Å². The van der Waals surface area contributed by atoms with Gasteiger partial charge < -0.3 is 16.0 Å². The molecule has 0 aliphatic carbocycles. The van der Waals surface area contributed by atoms with Crippen molar-refractivity contribution in [2.75, 3.05) is 30.0 Å². The van der Waals surface area contributed by atoms with Crippen LogP contribution in [0.25, 0.3) is 0 Å². The molecule has 4 nitrogen and oxygen atoms in total. The van der Waals surface area contributed by atoms with Gasteiger partial charge in [-0.1, -0.05) is 11.6 Å². The highest BCUT2D eigenvalue weighted by Gasteiger charge is 2.07. The van der Waals surface area contributed by atoms with E-state index in [4.69, 9.17) is 17.3 Å². The summed E-state index contributed by atoms with van der Waals surface area (Å²) in [6.07, 6.45) is 0. The van der Waals surface area contributed by atoms with Crippen molar-refractivity contribution in [1.29, 1.82) is 0 Å². The largest absolute Gasteiger partial charge is 0.397 e. The maximum Gasteiger partial charge on any atom is 0.255 e. The summed E-state index contributed by atoms with van der Waals surface area (Å²) in [6.45, 7) is 0. The second-order valence-electron chi connectivity index (χ2n) is 4.63. The molecule has 0 radical (unpaired) electrons. The molecule has 0 bridgehead atoms. The summed E-state index contributed by atoms with van der Waals surface area (Å²) in [5, 5.41) is 3.25. The Kier molecular flexibility index (Phi) is 4.15. The molecule has 0 saturated carbocycles. The Balaban J connectivity index is 2.13. The quantitative estimate of drug-likeness (QED) is 0.853. The van der Waals surface area contributed by atoms with Crippen molar-refractivity contribution < 1.29 is 4.79 Å². The van der Waals surface area contributed by atoms with Gasteiger partial charge in [0.25, 0.3) is 5.91 Å². The van der Waals surface area contributed by atoms with E-state index in [0.717, 1.165) is 5.69 Å². The van der Waals surface area contributed by atoms with Crippen LogP contribution in [0, 0.1) is 0 Å². The predicted molar refractivity (Wildman–Crippen MR) is 84.6 cm³/mol. The molecular weight excluding hydrogens is 274 g/mol. The van der Waals surface area contributed by atoms with Crippen molar-refractivity contribution >= 4 is 34.6 Å². The Hall–Kier alpha value is -2.20. The van der Waals surface area contributed by atoms with E-state index >= 15 is 0 Å². The minimum absolute atomic E-state index is 0.183. The normalized spacial score (nSPS) is 10.2. The number of amides is 1. The monoisotopic (exact) mass is 289 g/mol. The molecule has 1 amide bonds. The second kappa shape index (κ2) is 5.84. The van der Waals surface area contributed by atoms with Gasteiger partial charge in [-0.25, -0.2) is 0 Å². The first-order valence-corrected chi connectivity index (χ1v) is 6.49. The fraction of sp³-hybridized carbons (Fsp3) is 0.133. The SMILES string of the molecule is CN(C)c1ccc(C(=O)Nc2ccc(Cl)c(N)c2)cc1. The van der Waals surface area contributed by atoms with Gasteiger partial charge in [-0.2, -0.15) is 0 Å². The summed E-state index contributed by atoms with van der Waals surface area (Å²) in [4.78, 5) is 14.1. The average Bonchev–Trinajstić information content (AvgIpc) is 2.43. The molecule has 2 aromatic rings. The van der Waals surface area contributed by atoms with Crippen molar-refractivity contribution in [3.63, 3.8) is 0 Å². The smallest absolute Gasteiger partial charge is 0.255 e. The third-order valence-corrected chi connectivity index (χ3v) is 3.24. The minimum Gasteiger partial charge on any atom is -0.397 e. The first-order chi connectivity index (χ1) is 9.47. The van der Waals surface area contributed by atoms with Crippen molar-refractivity contribution in [1.82, 2.24) is 0 Å². The second-order valence-corrected chi connectivity index (χ2v) is 5.04. The van der Waals surface area contributed by atoms with Gasteiger partial charge >= 0.3 is 0 Å². The zero-order valence-electron chi connectivity index (χ0n) is 11.4. The summed E-state index contributed by atoms with van der Waals surface area (Å²) in [7, 11) is 3.90. The molecule has 5 heteroatoms. The van der Waals surface area contributed by atoms with E-state index in [1.807, 2.05) is 31.1 Å².